The monoisotopic (exact) mass is 167 g/mol. The van der Waals surface area contributed by atoms with Crippen molar-refractivity contribution < 1.29 is 0 Å². The second kappa shape index (κ2) is 3.09. The van der Waals surface area contributed by atoms with Gasteiger partial charge >= 0.3 is 0 Å². The average molecular weight is 168 g/mol. The van der Waals surface area contributed by atoms with E-state index in [1.165, 1.54) is 0 Å². The summed E-state index contributed by atoms with van der Waals surface area (Å²) >= 11 is 11.7. The summed E-state index contributed by atoms with van der Waals surface area (Å²) in [6.45, 7) is 0. The van der Waals surface area contributed by atoms with E-state index in [4.69, 9.17) is 28.9 Å². The van der Waals surface area contributed by atoms with Gasteiger partial charge in [-0.05, 0) is 12.8 Å². The molecule has 3 heteroatoms. The van der Waals surface area contributed by atoms with Crippen molar-refractivity contribution in [3.05, 3.63) is 0 Å². The Labute approximate surface area is 65.5 Å². The fourth-order valence-corrected chi connectivity index (χ4v) is 1.73. The van der Waals surface area contributed by atoms with Gasteiger partial charge in [-0.2, -0.15) is 0 Å². The smallest absolute Gasteiger partial charge is 0.0650 e. The molecular weight excluding hydrogens is 157 g/mol. The zero-order valence-electron chi connectivity index (χ0n) is 5.19. The lowest BCUT2D eigenvalue weighted by molar-refractivity contribution is 0.454. The maximum atomic E-state index is 5.86. The van der Waals surface area contributed by atoms with Crippen LogP contribution < -0.4 is 5.73 Å². The fourth-order valence-electron chi connectivity index (χ4n) is 1.14. The van der Waals surface area contributed by atoms with Crippen molar-refractivity contribution in [1.29, 1.82) is 0 Å². The third-order valence-electron chi connectivity index (χ3n) is 1.77. The van der Waals surface area contributed by atoms with Crippen LogP contribution in [0.15, 0.2) is 0 Å². The minimum Gasteiger partial charge on any atom is -0.326 e. The maximum absolute atomic E-state index is 5.86. The van der Waals surface area contributed by atoms with E-state index in [2.05, 4.69) is 0 Å². The zero-order valence-corrected chi connectivity index (χ0v) is 6.70. The second-order valence-electron chi connectivity index (χ2n) is 2.56. The zero-order chi connectivity index (χ0) is 6.85. The minimum atomic E-state index is -0.0135. The van der Waals surface area contributed by atoms with Gasteiger partial charge in [0.15, 0.2) is 0 Å². The van der Waals surface area contributed by atoms with Crippen molar-refractivity contribution in [2.24, 2.45) is 5.73 Å². The summed E-state index contributed by atoms with van der Waals surface area (Å²) < 4.78 is 0. The highest BCUT2D eigenvalue weighted by atomic mass is 35.5. The van der Waals surface area contributed by atoms with Gasteiger partial charge in [0.1, 0.15) is 0 Å². The van der Waals surface area contributed by atoms with E-state index in [0.29, 0.717) is 0 Å². The highest BCUT2D eigenvalue weighted by Crippen LogP contribution is 2.26. The Morgan fingerprint density at radius 1 is 1.22 bits per heavy atom. The van der Waals surface area contributed by atoms with Gasteiger partial charge in [-0.1, -0.05) is 6.42 Å². The molecule has 0 saturated heterocycles. The molecule has 0 aliphatic heterocycles. The first-order valence-corrected chi connectivity index (χ1v) is 4.13. The molecule has 0 radical (unpaired) electrons. The van der Waals surface area contributed by atoms with Crippen LogP contribution in [0.4, 0.5) is 0 Å². The molecule has 0 aromatic carbocycles. The Kier molecular flexibility index (Phi) is 2.62. The van der Waals surface area contributed by atoms with Crippen LogP contribution >= 0.6 is 23.2 Å². The highest BCUT2D eigenvalue weighted by Gasteiger charge is 2.27. The Hall–Kier alpha value is 0.540. The maximum Gasteiger partial charge on any atom is 0.0650 e. The number of hydrogen-bond donors (Lipinski definition) is 1. The van der Waals surface area contributed by atoms with Crippen LogP contribution in [0.1, 0.15) is 19.3 Å². The van der Waals surface area contributed by atoms with Crippen LogP contribution in [-0.4, -0.2) is 16.8 Å². The van der Waals surface area contributed by atoms with Gasteiger partial charge in [0, 0.05) is 6.04 Å². The first kappa shape index (κ1) is 7.64. The molecule has 0 aromatic rings. The van der Waals surface area contributed by atoms with Crippen molar-refractivity contribution >= 4 is 23.2 Å². The summed E-state index contributed by atoms with van der Waals surface area (Å²) in [5, 5.41) is 0.0795. The molecule has 3 atom stereocenters. The Bertz CT molecular complexity index is 87.1. The molecule has 3 unspecified atom stereocenters. The Morgan fingerprint density at radius 3 is 2.33 bits per heavy atom. The topological polar surface area (TPSA) is 26.0 Å². The van der Waals surface area contributed by atoms with Crippen LogP contribution in [0.5, 0.6) is 0 Å². The summed E-state index contributed by atoms with van der Waals surface area (Å²) in [4.78, 5) is 0. The van der Waals surface area contributed by atoms with E-state index in [1.54, 1.807) is 0 Å². The highest BCUT2D eigenvalue weighted by molar-refractivity contribution is 6.30. The lowest BCUT2D eigenvalue weighted by Gasteiger charge is -2.27. The van der Waals surface area contributed by atoms with Crippen molar-refractivity contribution in [2.75, 3.05) is 0 Å². The van der Waals surface area contributed by atoms with Gasteiger partial charge in [-0.3, -0.25) is 0 Å². The number of nitrogens with two attached hydrogens (primary N) is 1. The standard InChI is InChI=1S/C6H11Cl2N/c7-4-2-1-3-5(9)6(4)8/h4-6H,1-3,9H2. The van der Waals surface area contributed by atoms with E-state index in [1.807, 2.05) is 0 Å². The first-order valence-electron chi connectivity index (χ1n) is 3.25. The van der Waals surface area contributed by atoms with E-state index < -0.39 is 0 Å². The SMILES string of the molecule is NC1CCCC(Cl)C1Cl. The predicted molar refractivity (Wildman–Crippen MR) is 41.1 cm³/mol. The normalized spacial score (nSPS) is 45.0. The molecule has 1 aliphatic rings. The molecule has 1 fully saturated rings. The number of halogens is 2. The Morgan fingerprint density at radius 2 is 1.89 bits per heavy atom. The molecule has 0 bridgehead atoms. The third kappa shape index (κ3) is 1.73. The number of alkyl halides is 2. The first-order chi connectivity index (χ1) is 4.22. The van der Waals surface area contributed by atoms with Crippen LogP contribution in [-0.2, 0) is 0 Å². The van der Waals surface area contributed by atoms with Gasteiger partial charge in [0.05, 0.1) is 10.8 Å². The van der Waals surface area contributed by atoms with Gasteiger partial charge in [-0.15, -0.1) is 23.2 Å². The lowest BCUT2D eigenvalue weighted by Crippen LogP contribution is -2.40. The van der Waals surface area contributed by atoms with Crippen molar-refractivity contribution in [3.8, 4) is 0 Å². The van der Waals surface area contributed by atoms with E-state index in [-0.39, 0.29) is 16.8 Å². The molecule has 1 saturated carbocycles. The molecule has 9 heavy (non-hydrogen) atoms. The average Bonchev–Trinajstić information content (AvgIpc) is 1.83. The van der Waals surface area contributed by atoms with Crippen LogP contribution in [0, 0.1) is 0 Å². The summed E-state index contributed by atoms with van der Waals surface area (Å²) in [5.41, 5.74) is 5.65. The van der Waals surface area contributed by atoms with E-state index >= 15 is 0 Å². The summed E-state index contributed by atoms with van der Waals surface area (Å²) in [5.74, 6) is 0. The van der Waals surface area contributed by atoms with Gasteiger partial charge < -0.3 is 5.73 Å². The van der Waals surface area contributed by atoms with E-state index in [9.17, 15) is 0 Å². The van der Waals surface area contributed by atoms with Gasteiger partial charge in [-0.25, -0.2) is 0 Å². The minimum absolute atomic E-state index is 0.0135. The summed E-state index contributed by atoms with van der Waals surface area (Å²) in [6, 6.07) is 0.114. The van der Waals surface area contributed by atoms with Crippen LogP contribution in [0.25, 0.3) is 0 Å². The molecule has 1 aliphatic carbocycles. The molecule has 1 nitrogen and oxygen atoms in total. The fraction of sp³-hybridized carbons (Fsp3) is 1.00. The molecule has 54 valence electrons. The number of rotatable bonds is 0. The molecular formula is C6H11Cl2N. The summed E-state index contributed by atoms with van der Waals surface area (Å²) in [7, 11) is 0. The quantitative estimate of drug-likeness (QED) is 0.547. The summed E-state index contributed by atoms with van der Waals surface area (Å²) in [6.07, 6.45) is 3.17. The van der Waals surface area contributed by atoms with Crippen molar-refractivity contribution in [1.82, 2.24) is 0 Å². The molecule has 0 amide bonds. The van der Waals surface area contributed by atoms with Crippen molar-refractivity contribution in [3.63, 3.8) is 0 Å². The largest absolute Gasteiger partial charge is 0.326 e. The number of hydrogen-bond acceptors (Lipinski definition) is 1. The molecule has 2 N–H and O–H groups in total. The Balaban J connectivity index is 2.41. The lowest BCUT2D eigenvalue weighted by atomic mass is 9.95. The third-order valence-corrected chi connectivity index (χ3v) is 3.02. The second-order valence-corrected chi connectivity index (χ2v) is 3.62. The molecule has 0 aromatic heterocycles. The van der Waals surface area contributed by atoms with Crippen LogP contribution in [0.2, 0.25) is 0 Å². The van der Waals surface area contributed by atoms with Gasteiger partial charge in [0.25, 0.3) is 0 Å². The van der Waals surface area contributed by atoms with E-state index in [0.717, 1.165) is 19.3 Å². The molecule has 0 heterocycles. The molecule has 1 rings (SSSR count). The van der Waals surface area contributed by atoms with Crippen molar-refractivity contribution in [2.45, 2.75) is 36.1 Å². The van der Waals surface area contributed by atoms with Gasteiger partial charge in [0.2, 0.25) is 0 Å². The predicted octanol–water partition coefficient (Wildman–Crippen LogP) is 1.71. The molecule has 0 spiro atoms. The van der Waals surface area contributed by atoms with Crippen LogP contribution in [0.3, 0.4) is 0 Å².